The molecule has 0 spiro atoms. The van der Waals surface area contributed by atoms with Crippen LogP contribution in [0.5, 0.6) is 0 Å². The van der Waals surface area contributed by atoms with Crippen LogP contribution in [-0.4, -0.2) is 28.1 Å². The fourth-order valence-corrected chi connectivity index (χ4v) is 3.82. The van der Waals surface area contributed by atoms with Gasteiger partial charge in [0.2, 0.25) is 11.8 Å². The van der Waals surface area contributed by atoms with Crippen LogP contribution in [0.2, 0.25) is 5.02 Å². The van der Waals surface area contributed by atoms with Crippen LogP contribution in [0.3, 0.4) is 0 Å². The van der Waals surface area contributed by atoms with E-state index in [0.717, 1.165) is 0 Å². The van der Waals surface area contributed by atoms with Gasteiger partial charge in [-0.15, -0.1) is 6.42 Å². The zero-order valence-electron chi connectivity index (χ0n) is 16.5. The number of rotatable bonds is 5. The van der Waals surface area contributed by atoms with Gasteiger partial charge < -0.3 is 10.2 Å². The highest BCUT2D eigenvalue weighted by atomic mass is 35.5. The van der Waals surface area contributed by atoms with Gasteiger partial charge in [0, 0.05) is 29.1 Å². The van der Waals surface area contributed by atoms with Gasteiger partial charge in [-0.3, -0.25) is 14.4 Å². The van der Waals surface area contributed by atoms with Gasteiger partial charge in [-0.2, -0.15) is 5.10 Å². The smallest absolute Gasteiger partial charge is 0.275 e. The minimum absolute atomic E-state index is 0.0395. The summed E-state index contributed by atoms with van der Waals surface area (Å²) in [6.45, 7) is 0.449. The second-order valence-electron chi connectivity index (χ2n) is 7.26. The topological polar surface area (TPSA) is 84.3 Å². The van der Waals surface area contributed by atoms with Gasteiger partial charge in [0.15, 0.2) is 0 Å². The molecule has 8 heteroatoms. The molecule has 0 bridgehead atoms. The summed E-state index contributed by atoms with van der Waals surface area (Å²) < 4.78 is 1.21. The van der Waals surface area contributed by atoms with Crippen molar-refractivity contribution in [2.45, 2.75) is 19.5 Å². The molecule has 0 aliphatic carbocycles. The third-order valence-electron chi connectivity index (χ3n) is 5.25. The lowest BCUT2D eigenvalue weighted by molar-refractivity contribution is -0.126. The molecule has 1 unspecified atom stereocenters. The number of halogens is 1. The Morgan fingerprint density at radius 3 is 2.58 bits per heavy atom. The number of benzene rings is 2. The van der Waals surface area contributed by atoms with Crippen molar-refractivity contribution in [3.05, 3.63) is 69.6 Å². The molecule has 1 aliphatic heterocycles. The van der Waals surface area contributed by atoms with Gasteiger partial charge in [-0.05, 0) is 30.3 Å². The number of hydrogen-bond donors (Lipinski definition) is 1. The number of carbonyl (C=O) groups is 2. The van der Waals surface area contributed by atoms with Gasteiger partial charge in [0.1, 0.15) is 6.54 Å². The molecule has 1 fully saturated rings. The number of nitrogens with zero attached hydrogens (tertiary/aromatic N) is 3. The number of hydrogen-bond acceptors (Lipinski definition) is 4. The molecule has 156 valence electrons. The summed E-state index contributed by atoms with van der Waals surface area (Å²) in [6, 6.07) is 14.0. The SMILES string of the molecule is C#CCn1nc(CNC(=O)C2CC(=O)N(c3ccc(Cl)cc3)C2)c2ccccc2c1=O. The molecule has 7 nitrogen and oxygen atoms in total. The maximum absolute atomic E-state index is 12.8. The fourth-order valence-electron chi connectivity index (χ4n) is 3.70. The van der Waals surface area contributed by atoms with Crippen LogP contribution in [0, 0.1) is 18.3 Å². The molecule has 2 aromatic carbocycles. The van der Waals surface area contributed by atoms with Crippen LogP contribution in [0.4, 0.5) is 5.69 Å². The van der Waals surface area contributed by atoms with Crippen LogP contribution in [0.1, 0.15) is 12.1 Å². The standard InChI is InChI=1S/C23H19ClN4O3/c1-2-11-28-23(31)19-6-4-3-5-18(19)20(26-28)13-25-22(30)15-12-21(29)27(14-15)17-9-7-16(24)8-10-17/h1,3-10,15H,11-14H2,(H,25,30). The molecule has 0 saturated carbocycles. The molecule has 4 rings (SSSR count). The van der Waals surface area contributed by atoms with Crippen molar-refractivity contribution in [1.82, 2.24) is 15.1 Å². The van der Waals surface area contributed by atoms with Crippen LogP contribution >= 0.6 is 11.6 Å². The summed E-state index contributed by atoms with van der Waals surface area (Å²) in [5, 5.41) is 8.91. The molecule has 1 aromatic heterocycles. The Balaban J connectivity index is 1.50. The predicted octanol–water partition coefficient (Wildman–Crippen LogP) is 2.35. The lowest BCUT2D eigenvalue weighted by atomic mass is 10.1. The first kappa shape index (κ1) is 20.6. The highest BCUT2D eigenvalue weighted by molar-refractivity contribution is 6.30. The maximum atomic E-state index is 12.8. The normalized spacial score (nSPS) is 15.8. The number of aromatic nitrogens is 2. The van der Waals surface area contributed by atoms with Gasteiger partial charge in [0.05, 0.1) is 23.5 Å². The highest BCUT2D eigenvalue weighted by Crippen LogP contribution is 2.26. The van der Waals surface area contributed by atoms with E-state index in [9.17, 15) is 14.4 Å². The third-order valence-corrected chi connectivity index (χ3v) is 5.50. The van der Waals surface area contributed by atoms with Crippen molar-refractivity contribution in [3.8, 4) is 12.3 Å². The van der Waals surface area contributed by atoms with Crippen LogP contribution < -0.4 is 15.8 Å². The largest absolute Gasteiger partial charge is 0.350 e. The first-order valence-corrected chi connectivity index (χ1v) is 10.1. The van der Waals surface area contributed by atoms with Crippen molar-refractivity contribution in [2.24, 2.45) is 5.92 Å². The molecule has 1 atom stereocenters. The first-order valence-electron chi connectivity index (χ1n) is 9.74. The Kier molecular flexibility index (Phi) is 5.74. The summed E-state index contributed by atoms with van der Waals surface area (Å²) in [4.78, 5) is 39.3. The number of nitrogens with one attached hydrogen (secondary N) is 1. The van der Waals surface area contributed by atoms with E-state index in [1.165, 1.54) is 4.68 Å². The number of carbonyl (C=O) groups excluding carboxylic acids is 2. The summed E-state index contributed by atoms with van der Waals surface area (Å²) in [6.07, 6.45) is 5.47. The van der Waals surface area contributed by atoms with Crippen LogP contribution in [-0.2, 0) is 22.7 Å². The monoisotopic (exact) mass is 434 g/mol. The van der Waals surface area contributed by atoms with Crippen molar-refractivity contribution in [1.29, 1.82) is 0 Å². The van der Waals surface area contributed by atoms with E-state index in [0.29, 0.717) is 27.2 Å². The molecule has 1 aliphatic rings. The van der Waals surface area contributed by atoms with E-state index in [1.807, 2.05) is 0 Å². The maximum Gasteiger partial charge on any atom is 0.275 e. The van der Waals surface area contributed by atoms with E-state index in [1.54, 1.807) is 53.4 Å². The summed E-state index contributed by atoms with van der Waals surface area (Å²) >= 11 is 5.91. The zero-order valence-corrected chi connectivity index (χ0v) is 17.3. The average Bonchev–Trinajstić information content (AvgIpc) is 3.17. The Morgan fingerprint density at radius 1 is 1.16 bits per heavy atom. The van der Waals surface area contributed by atoms with E-state index >= 15 is 0 Å². The zero-order chi connectivity index (χ0) is 22.0. The predicted molar refractivity (Wildman–Crippen MR) is 119 cm³/mol. The second-order valence-corrected chi connectivity index (χ2v) is 7.70. The number of anilines is 1. The van der Waals surface area contributed by atoms with Crippen molar-refractivity contribution < 1.29 is 9.59 Å². The lowest BCUT2D eigenvalue weighted by Crippen LogP contribution is -2.34. The minimum atomic E-state index is -0.481. The number of terminal acetylenes is 1. The molecular formula is C23H19ClN4O3. The van der Waals surface area contributed by atoms with Gasteiger partial charge >= 0.3 is 0 Å². The first-order chi connectivity index (χ1) is 15.0. The molecule has 3 aromatic rings. The molecule has 2 amide bonds. The Hall–Kier alpha value is -3.63. The van der Waals surface area contributed by atoms with E-state index in [2.05, 4.69) is 16.3 Å². The molecular weight excluding hydrogens is 416 g/mol. The summed E-state index contributed by atoms with van der Waals surface area (Å²) in [5.41, 5.74) is 0.972. The second kappa shape index (κ2) is 8.62. The number of fused-ring (bicyclic) bond motifs is 1. The van der Waals surface area contributed by atoms with Gasteiger partial charge in [-0.25, -0.2) is 4.68 Å². The number of amides is 2. The quantitative estimate of drug-likeness (QED) is 0.625. The minimum Gasteiger partial charge on any atom is -0.350 e. The van der Waals surface area contributed by atoms with Crippen molar-refractivity contribution >= 4 is 39.9 Å². The molecule has 0 radical (unpaired) electrons. The average molecular weight is 435 g/mol. The summed E-state index contributed by atoms with van der Waals surface area (Å²) in [7, 11) is 0. The molecule has 31 heavy (non-hydrogen) atoms. The van der Waals surface area contributed by atoms with Crippen LogP contribution in [0.15, 0.2) is 53.3 Å². The molecule has 1 N–H and O–H groups in total. The van der Waals surface area contributed by atoms with Crippen LogP contribution in [0.25, 0.3) is 10.8 Å². The van der Waals surface area contributed by atoms with Gasteiger partial charge in [0.25, 0.3) is 5.56 Å². The van der Waals surface area contributed by atoms with E-state index in [4.69, 9.17) is 18.0 Å². The van der Waals surface area contributed by atoms with E-state index < -0.39 is 5.92 Å². The van der Waals surface area contributed by atoms with E-state index in [-0.39, 0.29) is 43.4 Å². The van der Waals surface area contributed by atoms with Crippen molar-refractivity contribution in [2.75, 3.05) is 11.4 Å². The molecule has 1 saturated heterocycles. The summed E-state index contributed by atoms with van der Waals surface area (Å²) in [5.74, 6) is 1.57. The Bertz CT molecular complexity index is 1260. The molecule has 2 heterocycles. The highest BCUT2D eigenvalue weighted by Gasteiger charge is 2.35. The van der Waals surface area contributed by atoms with Gasteiger partial charge in [-0.1, -0.05) is 35.7 Å². The van der Waals surface area contributed by atoms with Crippen molar-refractivity contribution in [3.63, 3.8) is 0 Å². The lowest BCUT2D eigenvalue weighted by Gasteiger charge is -2.17. The Morgan fingerprint density at radius 2 is 1.87 bits per heavy atom. The third kappa shape index (κ3) is 4.16. The Labute approximate surface area is 183 Å². The fraction of sp³-hybridized carbons (Fsp3) is 0.217.